The highest BCUT2D eigenvalue weighted by Crippen LogP contribution is 2.24. The molecule has 2 aromatic carbocycles. The summed E-state index contributed by atoms with van der Waals surface area (Å²) in [4.78, 5) is 23.3. The van der Waals surface area contributed by atoms with Gasteiger partial charge in [-0.1, -0.05) is 41.4 Å². The highest BCUT2D eigenvalue weighted by molar-refractivity contribution is 6.42. The van der Waals surface area contributed by atoms with Gasteiger partial charge in [0, 0.05) is 11.3 Å². The van der Waals surface area contributed by atoms with E-state index < -0.39 is 17.8 Å². The maximum Gasteiger partial charge on any atom is 0.319 e. The minimum atomic E-state index is -0.605. The van der Waals surface area contributed by atoms with Crippen LogP contribution in [-0.2, 0) is 4.79 Å². The van der Waals surface area contributed by atoms with Crippen LogP contribution in [0, 0.1) is 5.82 Å². The van der Waals surface area contributed by atoms with E-state index in [1.54, 1.807) is 18.2 Å². The van der Waals surface area contributed by atoms with E-state index in [0.717, 1.165) is 0 Å². The number of carbonyl (C=O) groups is 2. The molecule has 0 saturated carbocycles. The van der Waals surface area contributed by atoms with Crippen molar-refractivity contribution < 1.29 is 14.0 Å². The maximum absolute atomic E-state index is 13.3. The minimum Gasteiger partial charge on any atom is -0.329 e. The molecule has 25 heavy (non-hydrogen) atoms. The minimum absolute atomic E-state index is 0.230. The van der Waals surface area contributed by atoms with E-state index in [1.807, 2.05) is 0 Å². The monoisotopic (exact) mass is 382 g/mol. The van der Waals surface area contributed by atoms with Crippen molar-refractivity contribution in [3.63, 3.8) is 0 Å². The third-order valence-corrected chi connectivity index (χ3v) is 3.62. The third-order valence-electron chi connectivity index (χ3n) is 2.89. The van der Waals surface area contributed by atoms with Crippen molar-refractivity contribution in [2.75, 3.05) is 11.9 Å². The number of rotatable bonds is 5. The number of amides is 3. The number of hydrogen-bond donors (Lipinski definition) is 3. The van der Waals surface area contributed by atoms with Crippen LogP contribution in [0.3, 0.4) is 0 Å². The van der Waals surface area contributed by atoms with Gasteiger partial charge in [-0.2, -0.15) is 5.10 Å². The average molecular weight is 383 g/mol. The Bertz CT molecular complexity index is 814. The molecule has 9 heteroatoms. The fourth-order valence-corrected chi connectivity index (χ4v) is 2.00. The van der Waals surface area contributed by atoms with Gasteiger partial charge in [0.25, 0.3) is 5.91 Å². The smallest absolute Gasteiger partial charge is 0.319 e. The Labute approximate surface area is 153 Å². The summed E-state index contributed by atoms with van der Waals surface area (Å²) >= 11 is 11.6. The zero-order valence-corrected chi connectivity index (χ0v) is 14.2. The second kappa shape index (κ2) is 9.00. The third kappa shape index (κ3) is 6.06. The Kier molecular flexibility index (Phi) is 6.73. The molecular weight excluding hydrogens is 370 g/mol. The number of benzene rings is 2. The standard InChI is InChI=1S/C16H13Cl2FN4O2/c17-12-6-5-11(7-13(12)18)22-16(25)20-9-15(24)23-21-8-10-3-1-2-4-14(10)19/h1-8H,9H2,(H,23,24)(H2,20,22,25)/b21-8+. The van der Waals surface area contributed by atoms with Gasteiger partial charge in [-0.15, -0.1) is 0 Å². The zero-order chi connectivity index (χ0) is 18.2. The number of hydrazone groups is 1. The van der Waals surface area contributed by atoms with E-state index >= 15 is 0 Å². The molecule has 0 aliphatic carbocycles. The molecule has 6 nitrogen and oxygen atoms in total. The van der Waals surface area contributed by atoms with Crippen LogP contribution in [0.25, 0.3) is 0 Å². The summed E-state index contributed by atoms with van der Waals surface area (Å²) in [7, 11) is 0. The van der Waals surface area contributed by atoms with Crippen LogP contribution in [0.5, 0.6) is 0 Å². The molecule has 0 atom stereocenters. The van der Waals surface area contributed by atoms with Crippen LogP contribution >= 0.6 is 23.2 Å². The lowest BCUT2D eigenvalue weighted by Crippen LogP contribution is -2.37. The molecule has 0 aromatic heterocycles. The predicted octanol–water partition coefficient (Wildman–Crippen LogP) is 3.40. The molecule has 3 N–H and O–H groups in total. The SMILES string of the molecule is O=C(CNC(=O)Nc1ccc(Cl)c(Cl)c1)N/N=C/c1ccccc1F. The highest BCUT2D eigenvalue weighted by Gasteiger charge is 2.06. The predicted molar refractivity (Wildman–Crippen MR) is 95.6 cm³/mol. The Morgan fingerprint density at radius 2 is 1.88 bits per heavy atom. The summed E-state index contributed by atoms with van der Waals surface area (Å²) in [5.74, 6) is -1.03. The molecule has 0 unspecified atom stereocenters. The number of carbonyl (C=O) groups excluding carboxylic acids is 2. The van der Waals surface area contributed by atoms with E-state index in [1.165, 1.54) is 30.5 Å². The first-order valence-electron chi connectivity index (χ1n) is 7.02. The van der Waals surface area contributed by atoms with Crippen molar-refractivity contribution in [2.45, 2.75) is 0 Å². The van der Waals surface area contributed by atoms with Crippen LogP contribution in [0.15, 0.2) is 47.6 Å². The van der Waals surface area contributed by atoms with Crippen molar-refractivity contribution >= 4 is 47.0 Å². The fraction of sp³-hybridized carbons (Fsp3) is 0.0625. The topological polar surface area (TPSA) is 82.6 Å². The van der Waals surface area contributed by atoms with Crippen molar-refractivity contribution in [1.29, 1.82) is 0 Å². The van der Waals surface area contributed by atoms with E-state index in [9.17, 15) is 14.0 Å². The van der Waals surface area contributed by atoms with Crippen LogP contribution in [-0.4, -0.2) is 24.7 Å². The van der Waals surface area contributed by atoms with Crippen LogP contribution in [0.4, 0.5) is 14.9 Å². The second-order valence-electron chi connectivity index (χ2n) is 4.75. The summed E-state index contributed by atoms with van der Waals surface area (Å²) in [6.45, 7) is -0.318. The summed E-state index contributed by atoms with van der Waals surface area (Å²) in [6.07, 6.45) is 1.17. The quantitative estimate of drug-likeness (QED) is 0.546. The molecular formula is C16H13Cl2FN4O2. The number of halogens is 3. The van der Waals surface area contributed by atoms with Gasteiger partial charge in [0.1, 0.15) is 12.4 Å². The summed E-state index contributed by atoms with van der Waals surface area (Å²) in [6, 6.07) is 9.93. The van der Waals surface area contributed by atoms with Gasteiger partial charge >= 0.3 is 6.03 Å². The second-order valence-corrected chi connectivity index (χ2v) is 5.57. The molecule has 0 saturated heterocycles. The van der Waals surface area contributed by atoms with Gasteiger partial charge < -0.3 is 10.6 Å². The Morgan fingerprint density at radius 3 is 2.60 bits per heavy atom. The summed E-state index contributed by atoms with van der Waals surface area (Å²) < 4.78 is 13.3. The van der Waals surface area contributed by atoms with E-state index in [-0.39, 0.29) is 12.1 Å². The lowest BCUT2D eigenvalue weighted by molar-refractivity contribution is -0.120. The summed E-state index contributed by atoms with van der Waals surface area (Å²) in [5.41, 5.74) is 2.83. The van der Waals surface area contributed by atoms with Crippen molar-refractivity contribution in [1.82, 2.24) is 10.7 Å². The van der Waals surface area contributed by atoms with Gasteiger partial charge in [-0.3, -0.25) is 4.79 Å². The first-order chi connectivity index (χ1) is 12.0. The lowest BCUT2D eigenvalue weighted by Gasteiger charge is -2.07. The van der Waals surface area contributed by atoms with E-state index in [4.69, 9.17) is 23.2 Å². The molecule has 0 fully saturated rings. The van der Waals surface area contributed by atoms with Gasteiger partial charge in [0.2, 0.25) is 0 Å². The van der Waals surface area contributed by atoms with Crippen LogP contribution < -0.4 is 16.1 Å². The van der Waals surface area contributed by atoms with Gasteiger partial charge in [0.15, 0.2) is 0 Å². The normalized spacial score (nSPS) is 10.5. The summed E-state index contributed by atoms with van der Waals surface area (Å²) in [5, 5.41) is 9.10. The molecule has 0 spiro atoms. The molecule has 0 bridgehead atoms. The Balaban J connectivity index is 1.76. The van der Waals surface area contributed by atoms with Crippen molar-refractivity contribution in [2.24, 2.45) is 5.10 Å². The van der Waals surface area contributed by atoms with Crippen LogP contribution in [0.2, 0.25) is 10.0 Å². The molecule has 3 amide bonds. The average Bonchev–Trinajstić information content (AvgIpc) is 2.58. The van der Waals surface area contributed by atoms with Gasteiger partial charge in [-0.05, 0) is 24.3 Å². The van der Waals surface area contributed by atoms with E-state index in [2.05, 4.69) is 21.2 Å². The van der Waals surface area contributed by atoms with E-state index in [0.29, 0.717) is 15.7 Å². The van der Waals surface area contributed by atoms with Crippen LogP contribution in [0.1, 0.15) is 5.56 Å². The molecule has 0 radical (unpaired) electrons. The maximum atomic E-state index is 13.3. The molecule has 0 aliphatic rings. The van der Waals surface area contributed by atoms with Crippen molar-refractivity contribution in [3.05, 3.63) is 63.9 Å². The van der Waals surface area contributed by atoms with Gasteiger partial charge in [0.05, 0.1) is 16.3 Å². The number of nitrogens with one attached hydrogen (secondary N) is 3. The molecule has 130 valence electrons. The molecule has 0 heterocycles. The number of anilines is 1. The molecule has 2 rings (SSSR count). The Morgan fingerprint density at radius 1 is 1.12 bits per heavy atom. The Hall–Kier alpha value is -2.64. The molecule has 0 aliphatic heterocycles. The first-order valence-corrected chi connectivity index (χ1v) is 7.77. The lowest BCUT2D eigenvalue weighted by atomic mass is 10.2. The number of hydrogen-bond acceptors (Lipinski definition) is 3. The number of urea groups is 1. The highest BCUT2D eigenvalue weighted by atomic mass is 35.5. The number of nitrogens with zero attached hydrogens (tertiary/aromatic N) is 1. The molecule has 2 aromatic rings. The van der Waals surface area contributed by atoms with Crippen molar-refractivity contribution in [3.8, 4) is 0 Å². The fourth-order valence-electron chi connectivity index (χ4n) is 1.70. The largest absolute Gasteiger partial charge is 0.329 e. The van der Waals surface area contributed by atoms with Gasteiger partial charge in [-0.25, -0.2) is 14.6 Å². The first kappa shape index (κ1) is 18.7. The zero-order valence-electron chi connectivity index (χ0n) is 12.7.